The molecule has 7 nitrogen and oxygen atoms in total. The largest absolute Gasteiger partial charge is 0.507 e. The molecule has 8 heteroatoms. The number of cyclic esters (lactones) is 1. The molecule has 0 amide bonds. The summed E-state index contributed by atoms with van der Waals surface area (Å²) < 4.78 is 19.4. The highest BCUT2D eigenvalue weighted by molar-refractivity contribution is 5.98. The number of rotatable bonds is 1. The van der Waals surface area contributed by atoms with Gasteiger partial charge in [0.25, 0.3) is 0 Å². The first-order chi connectivity index (χ1) is 13.1. The van der Waals surface area contributed by atoms with E-state index in [1.165, 1.54) is 32.1 Å². The molecule has 4 N–H and O–H groups in total. The molecule has 0 aromatic heterocycles. The smallest absolute Gasteiger partial charge is 0.342 e. The molecule has 1 aromatic carbocycles. The molecule has 0 fully saturated rings. The number of esters is 1. The van der Waals surface area contributed by atoms with Gasteiger partial charge in [-0.15, -0.1) is 0 Å². The van der Waals surface area contributed by atoms with E-state index in [9.17, 15) is 29.3 Å². The van der Waals surface area contributed by atoms with Gasteiger partial charge in [-0.3, -0.25) is 4.79 Å². The predicted molar refractivity (Wildman–Crippen MR) is 102 cm³/mol. The average molecular weight is 393 g/mol. The summed E-state index contributed by atoms with van der Waals surface area (Å²) in [6, 6.07) is 2.96. The van der Waals surface area contributed by atoms with Gasteiger partial charge in [0.15, 0.2) is 5.83 Å². The van der Waals surface area contributed by atoms with Crippen LogP contribution >= 0.6 is 0 Å². The van der Waals surface area contributed by atoms with E-state index >= 15 is 0 Å². The van der Waals surface area contributed by atoms with E-state index in [1.54, 1.807) is 13.1 Å². The number of hydrogen-bond donors (Lipinski definition) is 4. The van der Waals surface area contributed by atoms with Crippen LogP contribution in [0.5, 0.6) is 5.75 Å². The van der Waals surface area contributed by atoms with Gasteiger partial charge in [-0.2, -0.15) is 0 Å². The molecular formula is C20H24FNO6. The summed E-state index contributed by atoms with van der Waals surface area (Å²) in [5, 5.41) is 33.0. The number of aliphatic hydroxyl groups is 2. The van der Waals surface area contributed by atoms with Crippen LogP contribution in [0.1, 0.15) is 36.2 Å². The van der Waals surface area contributed by atoms with Crippen molar-refractivity contribution in [1.29, 1.82) is 0 Å². The second kappa shape index (κ2) is 8.99. The van der Waals surface area contributed by atoms with Gasteiger partial charge in [0.2, 0.25) is 5.78 Å². The highest BCUT2D eigenvalue weighted by Crippen LogP contribution is 2.30. The zero-order chi connectivity index (χ0) is 21.0. The summed E-state index contributed by atoms with van der Waals surface area (Å²) in [4.78, 5) is 24.5. The van der Waals surface area contributed by atoms with Gasteiger partial charge in [0.05, 0.1) is 6.10 Å². The fourth-order valence-electron chi connectivity index (χ4n) is 2.71. The molecule has 28 heavy (non-hydrogen) atoms. The summed E-state index contributed by atoms with van der Waals surface area (Å²) >= 11 is 0. The number of ketones is 1. The average Bonchev–Trinajstić information content (AvgIpc) is 2.65. The van der Waals surface area contributed by atoms with Crippen molar-refractivity contribution in [3.05, 3.63) is 41.2 Å². The lowest BCUT2D eigenvalue weighted by atomic mass is 9.99. The van der Waals surface area contributed by atoms with Crippen molar-refractivity contribution < 1.29 is 34.0 Å². The summed E-state index contributed by atoms with van der Waals surface area (Å²) in [5.74, 6) is -4.26. The maximum Gasteiger partial charge on any atom is 0.342 e. The summed E-state index contributed by atoms with van der Waals surface area (Å²) in [5.41, 5.74) is 0.778. The van der Waals surface area contributed by atoms with E-state index < -0.39 is 41.8 Å². The van der Waals surface area contributed by atoms with Crippen LogP contribution in [0.15, 0.2) is 30.1 Å². The lowest BCUT2D eigenvalue weighted by molar-refractivity contribution is -0.130. The number of Topliss-reactive ketones (excluding diaryl/α,β-unsaturated/α-hetero) is 1. The second-order valence-electron chi connectivity index (χ2n) is 6.71. The monoisotopic (exact) mass is 393 g/mol. The van der Waals surface area contributed by atoms with Crippen LogP contribution in [-0.2, 0) is 9.53 Å². The minimum absolute atomic E-state index is 0.0816. The molecule has 2 unspecified atom stereocenters. The van der Waals surface area contributed by atoms with Gasteiger partial charge in [0, 0.05) is 24.7 Å². The Morgan fingerprint density at radius 3 is 2.54 bits per heavy atom. The SMILES string of the molecule is CNc1cc(O)c2c(c1)/C=C/CC(O)C(O)C(=O)/C(F)=C\[C@@H](C)[C@H](C)OC2=O. The molecule has 0 aliphatic carbocycles. The number of phenols is 1. The molecule has 0 spiro atoms. The zero-order valence-corrected chi connectivity index (χ0v) is 15.8. The lowest BCUT2D eigenvalue weighted by Gasteiger charge is -2.20. The molecule has 2 rings (SSSR count). The molecule has 1 aliphatic heterocycles. The normalized spacial score (nSPS) is 29.7. The number of ether oxygens (including phenoxy) is 1. The van der Waals surface area contributed by atoms with Crippen molar-refractivity contribution in [2.75, 3.05) is 12.4 Å². The summed E-state index contributed by atoms with van der Waals surface area (Å²) in [6.45, 7) is 3.05. The quantitative estimate of drug-likeness (QED) is 0.541. The second-order valence-corrected chi connectivity index (χ2v) is 6.71. The molecule has 0 saturated heterocycles. The molecule has 4 atom stereocenters. The van der Waals surface area contributed by atoms with Gasteiger partial charge in [-0.25, -0.2) is 9.18 Å². The molecule has 1 heterocycles. The number of halogens is 1. The minimum atomic E-state index is -1.93. The maximum atomic E-state index is 14.1. The van der Waals surface area contributed by atoms with Crippen molar-refractivity contribution >= 4 is 23.5 Å². The van der Waals surface area contributed by atoms with E-state index in [1.807, 2.05) is 0 Å². The number of aliphatic hydroxyl groups excluding tert-OH is 2. The number of carbonyl (C=O) groups is 2. The predicted octanol–water partition coefficient (Wildman–Crippen LogP) is 2.18. The Morgan fingerprint density at radius 2 is 1.89 bits per heavy atom. The highest BCUT2D eigenvalue weighted by atomic mass is 19.1. The number of aromatic hydroxyl groups is 1. The van der Waals surface area contributed by atoms with Crippen molar-refractivity contribution in [2.45, 2.75) is 38.6 Å². The van der Waals surface area contributed by atoms with Crippen LogP contribution in [0.4, 0.5) is 10.1 Å². The fraction of sp³-hybridized carbons (Fsp3) is 0.400. The van der Waals surface area contributed by atoms with Crippen molar-refractivity contribution in [1.82, 2.24) is 0 Å². The Bertz CT molecular complexity index is 819. The third-order valence-corrected chi connectivity index (χ3v) is 4.63. The molecule has 1 aromatic rings. The van der Waals surface area contributed by atoms with E-state index in [2.05, 4.69) is 5.32 Å². The van der Waals surface area contributed by atoms with E-state index in [0.29, 0.717) is 11.3 Å². The lowest BCUT2D eigenvalue weighted by Crippen LogP contribution is -2.34. The molecule has 1 aliphatic rings. The third kappa shape index (κ3) is 4.76. The molecule has 0 saturated carbocycles. The number of hydrogen-bond acceptors (Lipinski definition) is 7. The third-order valence-electron chi connectivity index (χ3n) is 4.63. The van der Waals surface area contributed by atoms with Gasteiger partial charge >= 0.3 is 5.97 Å². The molecular weight excluding hydrogens is 369 g/mol. The number of carbonyl (C=O) groups excluding carboxylic acids is 2. The van der Waals surface area contributed by atoms with Crippen LogP contribution in [0.25, 0.3) is 6.08 Å². The van der Waals surface area contributed by atoms with Gasteiger partial charge in [0.1, 0.15) is 23.5 Å². The Labute approximate surface area is 162 Å². The molecule has 0 radical (unpaired) electrons. The zero-order valence-electron chi connectivity index (χ0n) is 15.8. The first-order valence-corrected chi connectivity index (χ1v) is 8.85. The van der Waals surface area contributed by atoms with E-state index in [4.69, 9.17) is 4.74 Å². The number of nitrogens with one attached hydrogen (secondary N) is 1. The number of fused-ring (bicyclic) bond motifs is 1. The van der Waals surface area contributed by atoms with Gasteiger partial charge in [-0.1, -0.05) is 19.1 Å². The molecule has 0 bridgehead atoms. The first kappa shape index (κ1) is 21.6. The highest BCUT2D eigenvalue weighted by Gasteiger charge is 2.29. The van der Waals surface area contributed by atoms with Crippen LogP contribution in [-0.4, -0.2) is 52.4 Å². The van der Waals surface area contributed by atoms with E-state index in [0.717, 1.165) is 6.08 Å². The Kier molecular flexibility index (Phi) is 6.93. The Balaban J connectivity index is 2.54. The van der Waals surface area contributed by atoms with Gasteiger partial charge in [-0.05, 0) is 31.1 Å². The number of phenolic OH excluding ortho intramolecular Hbond substituents is 1. The van der Waals surface area contributed by atoms with E-state index in [-0.39, 0.29) is 17.7 Å². The maximum absolute atomic E-state index is 14.1. The van der Waals surface area contributed by atoms with Crippen LogP contribution < -0.4 is 5.32 Å². The Morgan fingerprint density at radius 1 is 1.21 bits per heavy atom. The molecule has 152 valence electrons. The number of benzene rings is 1. The Hall–Kier alpha value is -2.71. The standard InChI is InChI=1S/C20H24FNO6/c1-10-7-14(21)18(25)19(26)15(23)6-4-5-12-8-13(22-3)9-16(24)17(12)20(27)28-11(10)2/h4-5,7-11,15,19,22-24,26H,6H2,1-3H3/b5-4+,14-7+/t10-,11+,15?,19?/m1/s1. The summed E-state index contributed by atoms with van der Waals surface area (Å²) in [6.07, 6.45) is -0.667. The van der Waals surface area contributed by atoms with Crippen LogP contribution in [0.3, 0.4) is 0 Å². The number of anilines is 1. The van der Waals surface area contributed by atoms with Crippen molar-refractivity contribution in [3.63, 3.8) is 0 Å². The first-order valence-electron chi connectivity index (χ1n) is 8.85. The van der Waals surface area contributed by atoms with Crippen molar-refractivity contribution in [2.24, 2.45) is 5.92 Å². The van der Waals surface area contributed by atoms with Crippen LogP contribution in [0, 0.1) is 5.92 Å². The topological polar surface area (TPSA) is 116 Å². The van der Waals surface area contributed by atoms with Crippen molar-refractivity contribution in [3.8, 4) is 5.75 Å². The summed E-state index contributed by atoms with van der Waals surface area (Å²) in [7, 11) is 1.64. The minimum Gasteiger partial charge on any atom is -0.507 e. The van der Waals surface area contributed by atoms with Gasteiger partial charge < -0.3 is 25.4 Å². The fourth-order valence-corrected chi connectivity index (χ4v) is 2.71. The van der Waals surface area contributed by atoms with Crippen LogP contribution in [0.2, 0.25) is 0 Å².